The summed E-state index contributed by atoms with van der Waals surface area (Å²) in [6.07, 6.45) is 4.62. The van der Waals surface area contributed by atoms with Gasteiger partial charge in [-0.15, -0.1) is 11.6 Å². The standard InChI is InChI=1S/C15H20ClNO/c16-12-15(18)17-10-8-14(9-11-17)7-6-13-4-2-1-3-5-13/h1-5,14H,6-12H2. The van der Waals surface area contributed by atoms with Gasteiger partial charge in [-0.25, -0.2) is 0 Å². The second-order valence-electron chi connectivity index (χ2n) is 4.98. The second kappa shape index (κ2) is 6.79. The van der Waals surface area contributed by atoms with E-state index in [0.29, 0.717) is 0 Å². The van der Waals surface area contributed by atoms with Crippen LogP contribution in [0.3, 0.4) is 0 Å². The summed E-state index contributed by atoms with van der Waals surface area (Å²) in [6, 6.07) is 10.6. The van der Waals surface area contributed by atoms with E-state index in [2.05, 4.69) is 30.3 Å². The Kier molecular flexibility index (Phi) is 5.06. The average Bonchev–Trinajstić information content (AvgIpc) is 2.46. The van der Waals surface area contributed by atoms with Gasteiger partial charge in [0.15, 0.2) is 0 Å². The lowest BCUT2D eigenvalue weighted by Crippen LogP contribution is -2.39. The van der Waals surface area contributed by atoms with E-state index in [4.69, 9.17) is 11.6 Å². The number of alkyl halides is 1. The van der Waals surface area contributed by atoms with Gasteiger partial charge in [0.25, 0.3) is 0 Å². The van der Waals surface area contributed by atoms with E-state index < -0.39 is 0 Å². The van der Waals surface area contributed by atoms with Crippen molar-refractivity contribution in [1.82, 2.24) is 4.90 Å². The maximum Gasteiger partial charge on any atom is 0.237 e. The maximum atomic E-state index is 11.4. The highest BCUT2D eigenvalue weighted by Crippen LogP contribution is 2.22. The van der Waals surface area contributed by atoms with Gasteiger partial charge in [-0.1, -0.05) is 30.3 Å². The highest BCUT2D eigenvalue weighted by atomic mass is 35.5. The molecule has 1 amide bonds. The van der Waals surface area contributed by atoms with Gasteiger partial charge < -0.3 is 4.90 Å². The van der Waals surface area contributed by atoms with Gasteiger partial charge in [0.2, 0.25) is 5.91 Å². The molecule has 1 fully saturated rings. The first-order chi connectivity index (χ1) is 8.79. The molecule has 1 aromatic rings. The molecule has 1 aliphatic rings. The fourth-order valence-corrected chi connectivity index (χ4v) is 2.74. The van der Waals surface area contributed by atoms with Crippen molar-refractivity contribution in [2.45, 2.75) is 25.7 Å². The topological polar surface area (TPSA) is 20.3 Å². The lowest BCUT2D eigenvalue weighted by molar-refractivity contribution is -0.129. The lowest BCUT2D eigenvalue weighted by Gasteiger charge is -2.31. The Morgan fingerprint density at radius 3 is 2.50 bits per heavy atom. The highest BCUT2D eigenvalue weighted by Gasteiger charge is 2.21. The molecule has 0 radical (unpaired) electrons. The quantitative estimate of drug-likeness (QED) is 0.766. The summed E-state index contributed by atoms with van der Waals surface area (Å²) in [5.74, 6) is 0.956. The molecular formula is C15H20ClNO. The summed E-state index contributed by atoms with van der Waals surface area (Å²) >= 11 is 5.57. The molecule has 2 rings (SSSR count). The molecule has 0 aliphatic carbocycles. The lowest BCUT2D eigenvalue weighted by atomic mass is 9.90. The zero-order chi connectivity index (χ0) is 12.8. The third kappa shape index (κ3) is 3.74. The number of likely N-dealkylation sites (tertiary alicyclic amines) is 1. The van der Waals surface area contributed by atoms with Crippen molar-refractivity contribution >= 4 is 17.5 Å². The molecule has 0 saturated carbocycles. The summed E-state index contributed by atoms with van der Waals surface area (Å²) in [7, 11) is 0. The van der Waals surface area contributed by atoms with E-state index in [1.807, 2.05) is 4.90 Å². The van der Waals surface area contributed by atoms with Gasteiger partial charge in [0.05, 0.1) is 0 Å². The number of carbonyl (C=O) groups excluding carboxylic acids is 1. The van der Waals surface area contributed by atoms with Crippen molar-refractivity contribution in [2.75, 3.05) is 19.0 Å². The van der Waals surface area contributed by atoms with Gasteiger partial charge in [-0.3, -0.25) is 4.79 Å². The van der Waals surface area contributed by atoms with Crippen molar-refractivity contribution in [2.24, 2.45) is 5.92 Å². The fourth-order valence-electron chi connectivity index (χ4n) is 2.57. The Labute approximate surface area is 114 Å². The largest absolute Gasteiger partial charge is 0.342 e. The zero-order valence-electron chi connectivity index (χ0n) is 10.6. The number of piperidine rings is 1. The third-order valence-corrected chi connectivity index (χ3v) is 3.99. The maximum absolute atomic E-state index is 11.4. The van der Waals surface area contributed by atoms with Crippen LogP contribution in [0.4, 0.5) is 0 Å². The number of amides is 1. The number of halogens is 1. The van der Waals surface area contributed by atoms with Crippen molar-refractivity contribution in [3.05, 3.63) is 35.9 Å². The van der Waals surface area contributed by atoms with E-state index in [9.17, 15) is 4.79 Å². The molecule has 0 aromatic heterocycles. The Hall–Kier alpha value is -1.02. The molecule has 1 heterocycles. The highest BCUT2D eigenvalue weighted by molar-refractivity contribution is 6.27. The minimum absolute atomic E-state index is 0.0816. The molecule has 0 spiro atoms. The van der Waals surface area contributed by atoms with Crippen LogP contribution in [0, 0.1) is 5.92 Å². The van der Waals surface area contributed by atoms with E-state index in [1.54, 1.807) is 0 Å². The van der Waals surface area contributed by atoms with Crippen LogP contribution >= 0.6 is 11.6 Å². The van der Waals surface area contributed by atoms with Crippen LogP contribution in [-0.4, -0.2) is 29.8 Å². The Morgan fingerprint density at radius 1 is 1.22 bits per heavy atom. The van der Waals surface area contributed by atoms with Gasteiger partial charge in [0.1, 0.15) is 5.88 Å². The third-order valence-electron chi connectivity index (χ3n) is 3.77. The SMILES string of the molecule is O=C(CCl)N1CCC(CCc2ccccc2)CC1. The number of carbonyl (C=O) groups is 1. The van der Waals surface area contributed by atoms with Gasteiger partial charge in [-0.05, 0) is 37.2 Å². The van der Waals surface area contributed by atoms with E-state index >= 15 is 0 Å². The molecule has 0 atom stereocenters. The number of rotatable bonds is 4. The summed E-state index contributed by atoms with van der Waals surface area (Å²) in [5, 5.41) is 0. The van der Waals surface area contributed by atoms with E-state index in [0.717, 1.165) is 38.3 Å². The molecule has 1 aliphatic heterocycles. The molecule has 3 heteroatoms. The van der Waals surface area contributed by atoms with Crippen molar-refractivity contribution in [1.29, 1.82) is 0 Å². The molecule has 18 heavy (non-hydrogen) atoms. The normalized spacial score (nSPS) is 16.8. The Balaban J connectivity index is 1.72. The van der Waals surface area contributed by atoms with Crippen LogP contribution in [0.15, 0.2) is 30.3 Å². The molecule has 98 valence electrons. The van der Waals surface area contributed by atoms with Crippen LogP contribution in [-0.2, 0) is 11.2 Å². The Morgan fingerprint density at radius 2 is 1.89 bits per heavy atom. The number of benzene rings is 1. The Bertz CT molecular complexity index is 371. The first kappa shape index (κ1) is 13.4. The van der Waals surface area contributed by atoms with Crippen LogP contribution in [0.25, 0.3) is 0 Å². The van der Waals surface area contributed by atoms with Crippen molar-refractivity contribution < 1.29 is 4.79 Å². The molecule has 0 unspecified atom stereocenters. The van der Waals surface area contributed by atoms with Gasteiger partial charge >= 0.3 is 0 Å². The molecule has 0 N–H and O–H groups in total. The molecule has 0 bridgehead atoms. The van der Waals surface area contributed by atoms with Crippen LogP contribution in [0.1, 0.15) is 24.8 Å². The zero-order valence-corrected chi connectivity index (χ0v) is 11.4. The van der Waals surface area contributed by atoms with Crippen LogP contribution in [0.2, 0.25) is 0 Å². The summed E-state index contributed by atoms with van der Waals surface area (Å²) in [4.78, 5) is 13.3. The van der Waals surface area contributed by atoms with E-state index in [1.165, 1.54) is 12.0 Å². The number of nitrogens with zero attached hydrogens (tertiary/aromatic N) is 1. The first-order valence-corrected chi connectivity index (χ1v) is 7.20. The first-order valence-electron chi connectivity index (χ1n) is 6.67. The second-order valence-corrected chi connectivity index (χ2v) is 5.25. The number of hydrogen-bond donors (Lipinski definition) is 0. The van der Waals surface area contributed by atoms with Gasteiger partial charge in [-0.2, -0.15) is 0 Å². The summed E-state index contributed by atoms with van der Waals surface area (Å²) in [5.41, 5.74) is 1.41. The molecular weight excluding hydrogens is 246 g/mol. The fraction of sp³-hybridized carbons (Fsp3) is 0.533. The van der Waals surface area contributed by atoms with E-state index in [-0.39, 0.29) is 11.8 Å². The predicted molar refractivity (Wildman–Crippen MR) is 74.8 cm³/mol. The van der Waals surface area contributed by atoms with Crippen LogP contribution in [0.5, 0.6) is 0 Å². The monoisotopic (exact) mass is 265 g/mol. The minimum Gasteiger partial charge on any atom is -0.342 e. The number of hydrogen-bond acceptors (Lipinski definition) is 1. The molecule has 1 saturated heterocycles. The number of aryl methyl sites for hydroxylation is 1. The van der Waals surface area contributed by atoms with Gasteiger partial charge in [0, 0.05) is 13.1 Å². The minimum atomic E-state index is 0.0816. The molecule has 2 nitrogen and oxygen atoms in total. The molecule has 1 aromatic carbocycles. The summed E-state index contributed by atoms with van der Waals surface area (Å²) < 4.78 is 0. The van der Waals surface area contributed by atoms with Crippen LogP contribution < -0.4 is 0 Å². The van der Waals surface area contributed by atoms with Crippen molar-refractivity contribution in [3.8, 4) is 0 Å². The van der Waals surface area contributed by atoms with Crippen molar-refractivity contribution in [3.63, 3.8) is 0 Å². The summed E-state index contributed by atoms with van der Waals surface area (Å²) in [6.45, 7) is 1.76. The smallest absolute Gasteiger partial charge is 0.237 e. The predicted octanol–water partition coefficient (Wildman–Crippen LogP) is 3.10. The average molecular weight is 266 g/mol.